The fourth-order valence-electron chi connectivity index (χ4n) is 4.59. The van der Waals surface area contributed by atoms with Gasteiger partial charge in [-0.25, -0.2) is 0 Å². The number of pyridine rings is 3. The number of aromatic nitrogens is 5. The number of hydrogen-bond acceptors (Lipinski definition) is 5. The Morgan fingerprint density at radius 1 is 1.00 bits per heavy atom. The summed E-state index contributed by atoms with van der Waals surface area (Å²) in [7, 11) is 0. The SMILES string of the molecule is O=C(NCc1cccnc1)c1ccc2c(-c3c(-c4ccccn4)nn4c3CCC4)ccnc2c1. The van der Waals surface area contributed by atoms with Gasteiger partial charge in [-0.15, -0.1) is 0 Å². The minimum Gasteiger partial charge on any atom is -0.348 e. The molecule has 1 aliphatic heterocycles. The Morgan fingerprint density at radius 2 is 1.97 bits per heavy atom. The Morgan fingerprint density at radius 3 is 2.82 bits per heavy atom. The first kappa shape index (κ1) is 20.2. The first-order chi connectivity index (χ1) is 16.8. The predicted molar refractivity (Wildman–Crippen MR) is 130 cm³/mol. The maximum Gasteiger partial charge on any atom is 0.251 e. The third-order valence-corrected chi connectivity index (χ3v) is 6.20. The molecule has 166 valence electrons. The largest absolute Gasteiger partial charge is 0.348 e. The lowest BCUT2D eigenvalue weighted by Crippen LogP contribution is -2.22. The van der Waals surface area contributed by atoms with E-state index in [0.717, 1.165) is 58.4 Å². The second-order valence-electron chi connectivity index (χ2n) is 8.35. The van der Waals surface area contributed by atoms with E-state index in [4.69, 9.17) is 5.10 Å². The first-order valence-corrected chi connectivity index (χ1v) is 11.4. The fraction of sp³-hybridized carbons (Fsp3) is 0.148. The van der Waals surface area contributed by atoms with Crippen LogP contribution < -0.4 is 5.32 Å². The summed E-state index contributed by atoms with van der Waals surface area (Å²) in [5.41, 5.74) is 7.45. The summed E-state index contributed by atoms with van der Waals surface area (Å²) in [5, 5.41) is 8.86. The molecule has 0 spiro atoms. The smallest absolute Gasteiger partial charge is 0.251 e. The zero-order valence-electron chi connectivity index (χ0n) is 18.5. The number of hydrogen-bond donors (Lipinski definition) is 1. The number of amides is 1. The maximum absolute atomic E-state index is 12.8. The molecule has 0 radical (unpaired) electrons. The van der Waals surface area contributed by atoms with Gasteiger partial charge in [-0.05, 0) is 60.4 Å². The summed E-state index contributed by atoms with van der Waals surface area (Å²) in [6, 6.07) is 17.4. The van der Waals surface area contributed by atoms with E-state index in [1.807, 2.05) is 54.6 Å². The van der Waals surface area contributed by atoms with Crippen LogP contribution in [0.5, 0.6) is 0 Å². The monoisotopic (exact) mass is 446 g/mol. The van der Waals surface area contributed by atoms with Crippen LogP contribution in [0.25, 0.3) is 33.4 Å². The van der Waals surface area contributed by atoms with Gasteiger partial charge in [-0.1, -0.05) is 18.2 Å². The van der Waals surface area contributed by atoms with Crippen LogP contribution in [0.3, 0.4) is 0 Å². The quantitative estimate of drug-likeness (QED) is 0.432. The van der Waals surface area contributed by atoms with E-state index in [0.29, 0.717) is 12.1 Å². The van der Waals surface area contributed by atoms with Gasteiger partial charge in [-0.2, -0.15) is 5.10 Å². The lowest BCUT2D eigenvalue weighted by atomic mass is 9.96. The van der Waals surface area contributed by atoms with E-state index >= 15 is 0 Å². The lowest BCUT2D eigenvalue weighted by Gasteiger charge is -2.10. The highest BCUT2D eigenvalue weighted by atomic mass is 16.1. The number of nitrogens with zero attached hydrogens (tertiary/aromatic N) is 5. The highest BCUT2D eigenvalue weighted by Crippen LogP contribution is 2.39. The number of benzene rings is 1. The standard InChI is InChI=1S/C27H22N6O/c34-27(31-17-18-5-3-11-28-16-18)19-8-9-20-21(10-13-30-23(20)15-19)25-24-7-4-14-33(24)32-26(25)22-6-1-2-12-29-22/h1-3,5-6,8-13,15-16H,4,7,14,17H2,(H,31,34). The van der Waals surface area contributed by atoms with Gasteiger partial charge < -0.3 is 5.32 Å². The van der Waals surface area contributed by atoms with Crippen LogP contribution in [-0.4, -0.2) is 30.6 Å². The van der Waals surface area contributed by atoms with E-state index in [9.17, 15) is 4.79 Å². The maximum atomic E-state index is 12.8. The van der Waals surface area contributed by atoms with Crippen molar-refractivity contribution in [1.29, 1.82) is 0 Å². The molecule has 1 aliphatic rings. The molecule has 5 heterocycles. The number of carbonyl (C=O) groups is 1. The number of rotatable bonds is 5. The third kappa shape index (κ3) is 3.61. The van der Waals surface area contributed by atoms with Gasteiger partial charge in [0.15, 0.2) is 0 Å². The minimum absolute atomic E-state index is 0.140. The molecular formula is C27H22N6O. The number of nitrogens with one attached hydrogen (secondary N) is 1. The van der Waals surface area contributed by atoms with E-state index < -0.39 is 0 Å². The summed E-state index contributed by atoms with van der Waals surface area (Å²) in [5.74, 6) is -0.140. The van der Waals surface area contributed by atoms with Crippen molar-refractivity contribution in [2.45, 2.75) is 25.9 Å². The average Bonchev–Trinajstić information content (AvgIpc) is 3.49. The fourth-order valence-corrected chi connectivity index (χ4v) is 4.59. The second-order valence-corrected chi connectivity index (χ2v) is 8.35. The molecule has 5 aromatic rings. The van der Waals surface area contributed by atoms with Crippen molar-refractivity contribution in [2.75, 3.05) is 0 Å². The highest BCUT2D eigenvalue weighted by molar-refractivity contribution is 6.03. The van der Waals surface area contributed by atoms with Gasteiger partial charge in [0.1, 0.15) is 5.69 Å². The van der Waals surface area contributed by atoms with E-state index in [1.165, 1.54) is 5.69 Å². The number of carbonyl (C=O) groups excluding carboxylic acids is 1. The molecule has 1 aromatic carbocycles. The molecule has 0 fully saturated rings. The molecular weight excluding hydrogens is 424 g/mol. The summed E-state index contributed by atoms with van der Waals surface area (Å²) < 4.78 is 2.10. The third-order valence-electron chi connectivity index (χ3n) is 6.20. The summed E-state index contributed by atoms with van der Waals surface area (Å²) in [4.78, 5) is 26.0. The highest BCUT2D eigenvalue weighted by Gasteiger charge is 2.25. The van der Waals surface area contributed by atoms with Crippen molar-refractivity contribution >= 4 is 16.8 Å². The molecule has 4 aromatic heterocycles. The van der Waals surface area contributed by atoms with Crippen LogP contribution in [0.1, 0.15) is 28.0 Å². The van der Waals surface area contributed by atoms with Crippen LogP contribution in [0.2, 0.25) is 0 Å². The summed E-state index contributed by atoms with van der Waals surface area (Å²) in [6.07, 6.45) is 9.13. The molecule has 1 amide bonds. The molecule has 0 aliphatic carbocycles. The summed E-state index contributed by atoms with van der Waals surface area (Å²) in [6.45, 7) is 1.34. The van der Waals surface area contributed by atoms with Crippen molar-refractivity contribution in [2.24, 2.45) is 0 Å². The molecule has 0 atom stereocenters. The molecule has 6 rings (SSSR count). The topological polar surface area (TPSA) is 85.6 Å². The minimum atomic E-state index is -0.140. The van der Waals surface area contributed by atoms with Crippen molar-refractivity contribution in [1.82, 2.24) is 30.0 Å². The van der Waals surface area contributed by atoms with Crippen molar-refractivity contribution in [3.63, 3.8) is 0 Å². The Kier molecular flexibility index (Phi) is 5.07. The Balaban J connectivity index is 1.39. The summed E-state index contributed by atoms with van der Waals surface area (Å²) >= 11 is 0. The van der Waals surface area contributed by atoms with Gasteiger partial charge in [-0.3, -0.25) is 24.4 Å². The first-order valence-electron chi connectivity index (χ1n) is 11.4. The van der Waals surface area contributed by atoms with Gasteiger partial charge in [0.2, 0.25) is 0 Å². The predicted octanol–water partition coefficient (Wildman–Crippen LogP) is 4.43. The molecule has 34 heavy (non-hydrogen) atoms. The van der Waals surface area contributed by atoms with Crippen LogP contribution >= 0.6 is 0 Å². The second kappa shape index (κ2) is 8.51. The van der Waals surface area contributed by atoms with Crippen molar-refractivity contribution in [3.05, 3.63) is 96.2 Å². The Hall–Kier alpha value is -4.39. The van der Waals surface area contributed by atoms with Gasteiger partial charge in [0.05, 0.1) is 11.2 Å². The van der Waals surface area contributed by atoms with E-state index in [1.54, 1.807) is 24.8 Å². The average molecular weight is 447 g/mol. The zero-order chi connectivity index (χ0) is 22.9. The molecule has 1 N–H and O–H groups in total. The lowest BCUT2D eigenvalue weighted by molar-refractivity contribution is 0.0951. The Bertz CT molecular complexity index is 1490. The molecule has 0 unspecified atom stereocenters. The zero-order valence-corrected chi connectivity index (χ0v) is 18.5. The molecule has 7 heteroatoms. The molecule has 0 saturated heterocycles. The Labute approximate surface area is 196 Å². The van der Waals surface area contributed by atoms with Gasteiger partial charge in [0.25, 0.3) is 5.91 Å². The van der Waals surface area contributed by atoms with Crippen LogP contribution in [0.15, 0.2) is 79.4 Å². The van der Waals surface area contributed by atoms with Crippen LogP contribution in [0, 0.1) is 0 Å². The van der Waals surface area contributed by atoms with Crippen molar-refractivity contribution in [3.8, 4) is 22.5 Å². The molecule has 0 bridgehead atoms. The normalized spacial score (nSPS) is 12.6. The van der Waals surface area contributed by atoms with Crippen LogP contribution in [0.4, 0.5) is 0 Å². The van der Waals surface area contributed by atoms with Gasteiger partial charge >= 0.3 is 0 Å². The van der Waals surface area contributed by atoms with Gasteiger partial charge in [0, 0.05) is 60.1 Å². The van der Waals surface area contributed by atoms with Crippen LogP contribution in [-0.2, 0) is 19.5 Å². The molecule has 7 nitrogen and oxygen atoms in total. The van der Waals surface area contributed by atoms with E-state index in [2.05, 4.69) is 25.0 Å². The number of aryl methyl sites for hydroxylation is 1. The molecule has 0 saturated carbocycles. The number of fused-ring (bicyclic) bond motifs is 2. The van der Waals surface area contributed by atoms with E-state index in [-0.39, 0.29) is 5.91 Å². The van der Waals surface area contributed by atoms with Crippen molar-refractivity contribution < 1.29 is 4.79 Å².